The van der Waals surface area contributed by atoms with E-state index in [1.165, 1.54) is 0 Å². The summed E-state index contributed by atoms with van der Waals surface area (Å²) in [6.07, 6.45) is 3.62. The van der Waals surface area contributed by atoms with Gasteiger partial charge in [-0.3, -0.25) is 4.79 Å². The van der Waals surface area contributed by atoms with Crippen molar-refractivity contribution in [3.63, 3.8) is 0 Å². The summed E-state index contributed by atoms with van der Waals surface area (Å²) in [5.74, 6) is -0.00880. The molecule has 2 rings (SSSR count). The maximum atomic E-state index is 11.7. The van der Waals surface area contributed by atoms with Crippen LogP contribution in [0, 0.1) is 0 Å². The van der Waals surface area contributed by atoms with Crippen LogP contribution in [0.15, 0.2) is 0 Å². The number of ether oxygens (including phenoxy) is 1. The molecule has 0 radical (unpaired) electrons. The number of carbonyl (C=O) groups is 1. The maximum absolute atomic E-state index is 11.7. The van der Waals surface area contributed by atoms with E-state index in [1.54, 1.807) is 0 Å². The van der Waals surface area contributed by atoms with Crippen molar-refractivity contribution in [1.29, 1.82) is 0 Å². The van der Waals surface area contributed by atoms with Gasteiger partial charge in [-0.25, -0.2) is 0 Å². The molecule has 2 aliphatic rings. The zero-order chi connectivity index (χ0) is 10.2. The zero-order valence-corrected chi connectivity index (χ0v) is 8.64. The van der Waals surface area contributed by atoms with Crippen molar-refractivity contribution in [3.8, 4) is 0 Å². The molecule has 1 heterocycles. The van der Waals surface area contributed by atoms with Crippen molar-refractivity contribution >= 4 is 5.91 Å². The largest absolute Gasteiger partial charge is 0.379 e. The van der Waals surface area contributed by atoms with Crippen LogP contribution in [0.2, 0.25) is 0 Å². The summed E-state index contributed by atoms with van der Waals surface area (Å²) in [4.78, 5) is 11.7. The highest BCUT2D eigenvalue weighted by Crippen LogP contribution is 2.33. The molecule has 1 atom stereocenters. The van der Waals surface area contributed by atoms with Crippen molar-refractivity contribution in [2.45, 2.75) is 43.7 Å². The van der Waals surface area contributed by atoms with Crippen LogP contribution in [-0.2, 0) is 9.53 Å². The van der Waals surface area contributed by atoms with Gasteiger partial charge in [-0.1, -0.05) is 0 Å². The predicted molar refractivity (Wildman–Crippen MR) is 52.8 cm³/mol. The van der Waals surface area contributed by atoms with Gasteiger partial charge in [-0.05, 0) is 32.6 Å². The SMILES string of the molecule is CC1(NC(=O)C2(N)CC2)CCCOC1. The van der Waals surface area contributed by atoms with Gasteiger partial charge in [0.2, 0.25) is 5.91 Å². The molecular formula is C10H18N2O2. The quantitative estimate of drug-likeness (QED) is 0.664. The molecule has 0 aromatic heterocycles. The Hall–Kier alpha value is -0.610. The summed E-state index contributed by atoms with van der Waals surface area (Å²) >= 11 is 0. The van der Waals surface area contributed by atoms with Gasteiger partial charge in [-0.2, -0.15) is 0 Å². The molecule has 3 N–H and O–H groups in total. The molecule has 2 fully saturated rings. The molecular weight excluding hydrogens is 180 g/mol. The van der Waals surface area contributed by atoms with Crippen LogP contribution in [-0.4, -0.2) is 30.2 Å². The van der Waals surface area contributed by atoms with Gasteiger partial charge in [0.25, 0.3) is 0 Å². The molecule has 1 unspecified atom stereocenters. The van der Waals surface area contributed by atoms with E-state index >= 15 is 0 Å². The lowest BCUT2D eigenvalue weighted by Gasteiger charge is -2.35. The first-order valence-electron chi connectivity index (χ1n) is 5.23. The molecule has 1 aliphatic heterocycles. The second-order valence-electron chi connectivity index (χ2n) is 4.83. The third-order valence-corrected chi connectivity index (χ3v) is 3.09. The lowest BCUT2D eigenvalue weighted by Crippen LogP contribution is -2.56. The van der Waals surface area contributed by atoms with Crippen molar-refractivity contribution < 1.29 is 9.53 Å². The fourth-order valence-electron chi connectivity index (χ4n) is 1.79. The predicted octanol–water partition coefficient (Wildman–Crippen LogP) is 0.163. The highest BCUT2D eigenvalue weighted by atomic mass is 16.5. The lowest BCUT2D eigenvalue weighted by molar-refractivity contribution is -0.126. The zero-order valence-electron chi connectivity index (χ0n) is 8.64. The summed E-state index contributed by atoms with van der Waals surface area (Å²) in [5, 5.41) is 3.01. The minimum absolute atomic E-state index is 0.00880. The fourth-order valence-corrected chi connectivity index (χ4v) is 1.79. The molecule has 0 spiro atoms. The van der Waals surface area contributed by atoms with Gasteiger partial charge in [0.1, 0.15) is 0 Å². The van der Waals surface area contributed by atoms with E-state index in [1.807, 2.05) is 6.92 Å². The van der Waals surface area contributed by atoms with Crippen molar-refractivity contribution in [2.24, 2.45) is 5.73 Å². The first-order valence-corrected chi connectivity index (χ1v) is 5.23. The van der Waals surface area contributed by atoms with Gasteiger partial charge in [0, 0.05) is 6.61 Å². The highest BCUT2D eigenvalue weighted by molar-refractivity contribution is 5.89. The number of nitrogens with one attached hydrogen (secondary N) is 1. The molecule has 1 aliphatic carbocycles. The summed E-state index contributed by atoms with van der Waals surface area (Å²) in [7, 11) is 0. The number of rotatable bonds is 2. The smallest absolute Gasteiger partial charge is 0.240 e. The van der Waals surface area contributed by atoms with Crippen LogP contribution >= 0.6 is 0 Å². The average Bonchev–Trinajstić information content (AvgIpc) is 2.85. The van der Waals surface area contributed by atoms with E-state index in [2.05, 4.69) is 5.32 Å². The van der Waals surface area contributed by atoms with Gasteiger partial charge < -0.3 is 15.8 Å². The number of nitrogens with two attached hydrogens (primary N) is 1. The maximum Gasteiger partial charge on any atom is 0.240 e. The van der Waals surface area contributed by atoms with Crippen LogP contribution in [0.4, 0.5) is 0 Å². The monoisotopic (exact) mass is 198 g/mol. The van der Waals surface area contributed by atoms with Crippen LogP contribution in [0.25, 0.3) is 0 Å². The normalized spacial score (nSPS) is 35.0. The average molecular weight is 198 g/mol. The Labute approximate surface area is 84.2 Å². The van der Waals surface area contributed by atoms with Gasteiger partial charge in [0.05, 0.1) is 17.7 Å². The molecule has 0 aromatic carbocycles. The van der Waals surface area contributed by atoms with Crippen LogP contribution in [0.3, 0.4) is 0 Å². The third kappa shape index (κ3) is 1.91. The standard InChI is InChI=1S/C10H18N2O2/c1-9(3-2-6-14-7-9)12-8(13)10(11)4-5-10/h2-7,11H2,1H3,(H,12,13). The molecule has 14 heavy (non-hydrogen) atoms. The van der Waals surface area contributed by atoms with E-state index in [4.69, 9.17) is 10.5 Å². The highest BCUT2D eigenvalue weighted by Gasteiger charge is 2.47. The Morgan fingerprint density at radius 2 is 2.14 bits per heavy atom. The van der Waals surface area contributed by atoms with E-state index in [-0.39, 0.29) is 11.4 Å². The van der Waals surface area contributed by atoms with E-state index in [0.29, 0.717) is 6.61 Å². The summed E-state index contributed by atoms with van der Waals surface area (Å²) in [5.41, 5.74) is 5.04. The number of amides is 1. The van der Waals surface area contributed by atoms with Crippen molar-refractivity contribution in [1.82, 2.24) is 5.32 Å². The van der Waals surface area contributed by atoms with Gasteiger partial charge in [0.15, 0.2) is 0 Å². The molecule has 1 saturated heterocycles. The number of carbonyl (C=O) groups excluding carboxylic acids is 1. The van der Waals surface area contributed by atoms with Crippen LogP contribution < -0.4 is 11.1 Å². The van der Waals surface area contributed by atoms with Gasteiger partial charge >= 0.3 is 0 Å². The first-order chi connectivity index (χ1) is 6.54. The minimum atomic E-state index is -0.569. The Bertz CT molecular complexity index is 243. The molecule has 4 heteroatoms. The molecule has 1 amide bonds. The second kappa shape index (κ2) is 3.21. The van der Waals surface area contributed by atoms with Crippen molar-refractivity contribution in [3.05, 3.63) is 0 Å². The van der Waals surface area contributed by atoms with E-state index < -0.39 is 5.54 Å². The van der Waals surface area contributed by atoms with E-state index in [0.717, 1.165) is 32.3 Å². The molecule has 0 bridgehead atoms. The van der Waals surface area contributed by atoms with Crippen LogP contribution in [0.5, 0.6) is 0 Å². The Morgan fingerprint density at radius 3 is 2.64 bits per heavy atom. The number of hydrogen-bond acceptors (Lipinski definition) is 3. The lowest BCUT2D eigenvalue weighted by atomic mass is 9.94. The van der Waals surface area contributed by atoms with E-state index in [9.17, 15) is 4.79 Å². The van der Waals surface area contributed by atoms with Crippen LogP contribution in [0.1, 0.15) is 32.6 Å². The molecule has 80 valence electrons. The fraction of sp³-hybridized carbons (Fsp3) is 0.900. The Balaban J connectivity index is 1.91. The minimum Gasteiger partial charge on any atom is -0.379 e. The molecule has 4 nitrogen and oxygen atoms in total. The third-order valence-electron chi connectivity index (χ3n) is 3.09. The molecule has 0 aromatic rings. The summed E-state index contributed by atoms with van der Waals surface area (Å²) in [6.45, 7) is 3.43. The summed E-state index contributed by atoms with van der Waals surface area (Å²) < 4.78 is 5.36. The first kappa shape index (κ1) is 9.93. The molecule has 1 saturated carbocycles. The Kier molecular flexibility index (Phi) is 2.27. The topological polar surface area (TPSA) is 64.4 Å². The van der Waals surface area contributed by atoms with Crippen molar-refractivity contribution in [2.75, 3.05) is 13.2 Å². The number of hydrogen-bond donors (Lipinski definition) is 2. The second-order valence-corrected chi connectivity index (χ2v) is 4.83. The Morgan fingerprint density at radius 1 is 1.43 bits per heavy atom. The van der Waals surface area contributed by atoms with Gasteiger partial charge in [-0.15, -0.1) is 0 Å². The summed E-state index contributed by atoms with van der Waals surface area (Å²) in [6, 6.07) is 0.